The number of nitrogens with zero attached hydrogens (tertiary/aromatic N) is 1. The summed E-state index contributed by atoms with van der Waals surface area (Å²) in [6, 6.07) is 13.6. The predicted octanol–water partition coefficient (Wildman–Crippen LogP) is 2.80. The molecule has 0 saturated carbocycles. The van der Waals surface area contributed by atoms with Crippen molar-refractivity contribution in [2.24, 2.45) is 0 Å². The van der Waals surface area contributed by atoms with E-state index < -0.39 is 0 Å². The van der Waals surface area contributed by atoms with Crippen molar-refractivity contribution >= 4 is 0 Å². The summed E-state index contributed by atoms with van der Waals surface area (Å²) < 4.78 is 10.9. The Labute approximate surface area is 124 Å². The van der Waals surface area contributed by atoms with Crippen LogP contribution in [0.15, 0.2) is 42.5 Å². The molecule has 0 saturated heterocycles. The zero-order valence-corrected chi connectivity index (χ0v) is 12.1. The van der Waals surface area contributed by atoms with Crippen LogP contribution in [0.1, 0.15) is 11.1 Å². The summed E-state index contributed by atoms with van der Waals surface area (Å²) in [6.07, 6.45) is 0. The summed E-state index contributed by atoms with van der Waals surface area (Å²) in [5.41, 5.74) is 2.32. The molecule has 1 aliphatic rings. The van der Waals surface area contributed by atoms with Gasteiger partial charge in [0.05, 0.1) is 7.11 Å². The molecule has 110 valence electrons. The summed E-state index contributed by atoms with van der Waals surface area (Å²) in [7, 11) is 1.56. The van der Waals surface area contributed by atoms with Gasteiger partial charge >= 0.3 is 0 Å². The lowest BCUT2D eigenvalue weighted by atomic mass is 10.1. The predicted molar refractivity (Wildman–Crippen MR) is 80.7 cm³/mol. The number of phenolic OH excluding ortho intramolecular Hbond substituents is 1. The molecule has 0 radical (unpaired) electrons. The molecule has 1 aliphatic heterocycles. The van der Waals surface area contributed by atoms with Crippen LogP contribution in [0.25, 0.3) is 0 Å². The minimum atomic E-state index is 0.172. The number of phenols is 1. The number of aromatic hydroxyl groups is 1. The first kappa shape index (κ1) is 13.8. The maximum Gasteiger partial charge on any atom is 0.160 e. The van der Waals surface area contributed by atoms with Crippen molar-refractivity contribution in [3.05, 3.63) is 53.6 Å². The highest BCUT2D eigenvalue weighted by Crippen LogP contribution is 2.28. The van der Waals surface area contributed by atoms with Crippen molar-refractivity contribution in [1.82, 2.24) is 4.90 Å². The van der Waals surface area contributed by atoms with Gasteiger partial charge in [0.25, 0.3) is 0 Å². The van der Waals surface area contributed by atoms with Gasteiger partial charge in [-0.2, -0.15) is 0 Å². The van der Waals surface area contributed by atoms with Crippen LogP contribution in [0.4, 0.5) is 0 Å². The fraction of sp³-hybridized carbons (Fsp3) is 0.294. The van der Waals surface area contributed by atoms with E-state index in [1.165, 1.54) is 5.56 Å². The Hall–Kier alpha value is -2.20. The highest BCUT2D eigenvalue weighted by Gasteiger charge is 2.15. The van der Waals surface area contributed by atoms with E-state index in [4.69, 9.17) is 9.47 Å². The zero-order chi connectivity index (χ0) is 14.7. The third kappa shape index (κ3) is 3.11. The van der Waals surface area contributed by atoms with Gasteiger partial charge in [-0.1, -0.05) is 24.3 Å². The van der Waals surface area contributed by atoms with Crippen molar-refractivity contribution in [1.29, 1.82) is 0 Å². The Kier molecular flexibility index (Phi) is 3.97. The van der Waals surface area contributed by atoms with Crippen LogP contribution in [0, 0.1) is 0 Å². The van der Waals surface area contributed by atoms with Gasteiger partial charge in [-0.25, -0.2) is 0 Å². The van der Waals surface area contributed by atoms with Gasteiger partial charge < -0.3 is 14.6 Å². The van der Waals surface area contributed by atoms with E-state index in [-0.39, 0.29) is 5.75 Å². The van der Waals surface area contributed by atoms with Gasteiger partial charge in [0.1, 0.15) is 12.4 Å². The number of hydrogen-bond donors (Lipinski definition) is 1. The summed E-state index contributed by atoms with van der Waals surface area (Å²) in [5.74, 6) is 1.66. The molecule has 0 atom stereocenters. The number of methoxy groups -OCH3 is 1. The lowest BCUT2D eigenvalue weighted by Crippen LogP contribution is -2.25. The van der Waals surface area contributed by atoms with E-state index in [2.05, 4.69) is 11.0 Å². The first-order chi connectivity index (χ1) is 10.3. The molecular formula is C17H19NO3. The summed E-state index contributed by atoms with van der Waals surface area (Å²) in [5, 5.41) is 9.66. The minimum Gasteiger partial charge on any atom is -0.504 e. The van der Waals surface area contributed by atoms with Crippen LogP contribution in [0.2, 0.25) is 0 Å². The van der Waals surface area contributed by atoms with Crippen LogP contribution in [-0.2, 0) is 13.1 Å². The topological polar surface area (TPSA) is 41.9 Å². The second-order valence-corrected chi connectivity index (χ2v) is 5.17. The molecule has 0 spiro atoms. The second kappa shape index (κ2) is 6.06. The molecule has 0 unspecified atom stereocenters. The van der Waals surface area contributed by atoms with E-state index in [9.17, 15) is 5.11 Å². The number of ether oxygens (including phenoxy) is 2. The maximum atomic E-state index is 9.66. The molecule has 4 heteroatoms. The smallest absolute Gasteiger partial charge is 0.160 e. The summed E-state index contributed by atoms with van der Waals surface area (Å²) in [4.78, 5) is 2.33. The van der Waals surface area contributed by atoms with E-state index in [0.29, 0.717) is 12.4 Å². The van der Waals surface area contributed by atoms with Crippen LogP contribution in [0.5, 0.6) is 17.2 Å². The molecule has 2 aromatic carbocycles. The molecule has 1 heterocycles. The van der Waals surface area contributed by atoms with E-state index in [0.717, 1.165) is 30.9 Å². The molecule has 0 bridgehead atoms. The minimum absolute atomic E-state index is 0.172. The lowest BCUT2D eigenvalue weighted by Gasteiger charge is -2.19. The first-order valence-electron chi connectivity index (χ1n) is 7.05. The molecule has 3 rings (SSSR count). The molecular weight excluding hydrogens is 266 g/mol. The number of rotatable bonds is 3. The van der Waals surface area contributed by atoms with E-state index in [1.54, 1.807) is 13.2 Å². The molecule has 0 aromatic heterocycles. The summed E-state index contributed by atoms with van der Waals surface area (Å²) >= 11 is 0. The zero-order valence-electron chi connectivity index (χ0n) is 12.1. The van der Waals surface area contributed by atoms with Crippen LogP contribution in [-0.4, -0.2) is 30.3 Å². The monoisotopic (exact) mass is 285 g/mol. The SMILES string of the molecule is COc1cc(CN2CCOc3ccccc3C2)ccc1O. The number of fused-ring (bicyclic) bond motifs is 1. The first-order valence-corrected chi connectivity index (χ1v) is 7.05. The van der Waals surface area contributed by atoms with Crippen molar-refractivity contribution in [3.8, 4) is 17.2 Å². The standard InChI is InChI=1S/C17H19NO3/c1-20-17-10-13(6-7-15(17)19)11-18-8-9-21-16-5-3-2-4-14(16)12-18/h2-7,10,19H,8-9,11-12H2,1H3. The Morgan fingerprint density at radius 3 is 2.95 bits per heavy atom. The van der Waals surface area contributed by atoms with Crippen molar-refractivity contribution in [2.75, 3.05) is 20.3 Å². The maximum absolute atomic E-state index is 9.66. The lowest BCUT2D eigenvalue weighted by molar-refractivity contribution is 0.219. The Morgan fingerprint density at radius 2 is 2.10 bits per heavy atom. The third-order valence-corrected chi connectivity index (χ3v) is 3.68. The average molecular weight is 285 g/mol. The molecule has 2 aromatic rings. The van der Waals surface area contributed by atoms with Crippen molar-refractivity contribution in [3.63, 3.8) is 0 Å². The van der Waals surface area contributed by atoms with Gasteiger partial charge in [0, 0.05) is 25.2 Å². The van der Waals surface area contributed by atoms with Gasteiger partial charge in [-0.15, -0.1) is 0 Å². The van der Waals surface area contributed by atoms with E-state index in [1.807, 2.05) is 30.3 Å². The molecule has 0 amide bonds. The normalized spacial score (nSPS) is 14.9. The van der Waals surface area contributed by atoms with Crippen molar-refractivity contribution in [2.45, 2.75) is 13.1 Å². The number of hydrogen-bond acceptors (Lipinski definition) is 4. The summed E-state index contributed by atoms with van der Waals surface area (Å²) in [6.45, 7) is 3.22. The highest BCUT2D eigenvalue weighted by molar-refractivity contribution is 5.41. The number of para-hydroxylation sites is 1. The van der Waals surface area contributed by atoms with Crippen LogP contribution < -0.4 is 9.47 Å². The Morgan fingerprint density at radius 1 is 1.24 bits per heavy atom. The van der Waals surface area contributed by atoms with Gasteiger partial charge in [0.15, 0.2) is 11.5 Å². The molecule has 21 heavy (non-hydrogen) atoms. The Balaban J connectivity index is 1.76. The molecule has 4 nitrogen and oxygen atoms in total. The molecule has 0 aliphatic carbocycles. The van der Waals surface area contributed by atoms with Crippen LogP contribution in [0.3, 0.4) is 0 Å². The fourth-order valence-corrected chi connectivity index (χ4v) is 2.59. The van der Waals surface area contributed by atoms with E-state index >= 15 is 0 Å². The molecule has 1 N–H and O–H groups in total. The quantitative estimate of drug-likeness (QED) is 0.941. The average Bonchev–Trinajstić information content (AvgIpc) is 2.70. The third-order valence-electron chi connectivity index (χ3n) is 3.68. The van der Waals surface area contributed by atoms with Gasteiger partial charge in [0.2, 0.25) is 0 Å². The second-order valence-electron chi connectivity index (χ2n) is 5.17. The van der Waals surface area contributed by atoms with Gasteiger partial charge in [-0.3, -0.25) is 4.90 Å². The number of benzene rings is 2. The largest absolute Gasteiger partial charge is 0.504 e. The van der Waals surface area contributed by atoms with Crippen molar-refractivity contribution < 1.29 is 14.6 Å². The Bertz CT molecular complexity index is 627. The molecule has 0 fully saturated rings. The highest BCUT2D eigenvalue weighted by atomic mass is 16.5. The van der Waals surface area contributed by atoms with Crippen LogP contribution >= 0.6 is 0 Å². The van der Waals surface area contributed by atoms with Gasteiger partial charge in [-0.05, 0) is 23.8 Å². The fourth-order valence-electron chi connectivity index (χ4n) is 2.59.